The first kappa shape index (κ1) is 32.3. The summed E-state index contributed by atoms with van der Waals surface area (Å²) >= 11 is 0.194. The van der Waals surface area contributed by atoms with E-state index in [0.29, 0.717) is 0 Å². The molecular weight excluding hydrogens is 303 g/mol. The summed E-state index contributed by atoms with van der Waals surface area (Å²) in [5.41, 5.74) is 0. The summed E-state index contributed by atoms with van der Waals surface area (Å²) in [4.78, 5) is 0. The maximum atomic E-state index is 8.36. The Bertz CT molecular complexity index is 6.85. The van der Waals surface area contributed by atoms with Gasteiger partial charge in [-0.25, -0.2) is 0 Å². The SMILES string of the molecule is Cl.Cl.Cl.[O]=[Ta]. The molecule has 5 heavy (non-hydrogen) atoms. The predicted molar refractivity (Wildman–Crippen MR) is 22.4 cm³/mol. The van der Waals surface area contributed by atoms with E-state index in [9.17, 15) is 0 Å². The molecule has 5 heteroatoms. The van der Waals surface area contributed by atoms with Crippen molar-refractivity contribution in [3.05, 3.63) is 0 Å². The van der Waals surface area contributed by atoms with E-state index in [2.05, 4.69) is 0 Å². The van der Waals surface area contributed by atoms with Crippen molar-refractivity contribution in [1.82, 2.24) is 0 Å². The third kappa shape index (κ3) is 31.6. The van der Waals surface area contributed by atoms with Gasteiger partial charge in [-0.05, 0) is 0 Å². The molecule has 1 nitrogen and oxygen atoms in total. The molecule has 0 aromatic rings. The Labute approximate surface area is 61.4 Å². The molecule has 0 atom stereocenters. The van der Waals surface area contributed by atoms with Crippen molar-refractivity contribution in [2.24, 2.45) is 0 Å². The van der Waals surface area contributed by atoms with Crippen molar-refractivity contribution in [3.8, 4) is 0 Å². The zero-order valence-electron chi connectivity index (χ0n) is 2.08. The quantitative estimate of drug-likeness (QED) is 0.656. The topological polar surface area (TPSA) is 17.1 Å². The number of hydrogen-bond donors (Lipinski definition) is 0. The summed E-state index contributed by atoms with van der Waals surface area (Å²) < 4.78 is 8.36. The van der Waals surface area contributed by atoms with Crippen molar-refractivity contribution in [3.63, 3.8) is 0 Å². The summed E-state index contributed by atoms with van der Waals surface area (Å²) in [6, 6.07) is 0. The van der Waals surface area contributed by atoms with Gasteiger partial charge >= 0.3 is 24.3 Å². The molecule has 35 valence electrons. The molecule has 0 bridgehead atoms. The minimum atomic E-state index is 0. The van der Waals surface area contributed by atoms with Crippen LogP contribution in [-0.4, -0.2) is 0 Å². The van der Waals surface area contributed by atoms with Crippen molar-refractivity contribution in [1.29, 1.82) is 0 Å². The first-order valence-electron chi connectivity index (χ1n) is 0.183. The zero-order valence-corrected chi connectivity index (χ0v) is 7.74. The van der Waals surface area contributed by atoms with Crippen LogP contribution in [0.4, 0.5) is 0 Å². The fourth-order valence-corrected chi connectivity index (χ4v) is 0. The number of hydrogen-bond acceptors (Lipinski definition) is 1. The van der Waals surface area contributed by atoms with Crippen LogP contribution in [0.3, 0.4) is 0 Å². The summed E-state index contributed by atoms with van der Waals surface area (Å²) in [6.07, 6.45) is 0. The van der Waals surface area contributed by atoms with Crippen LogP contribution in [0, 0.1) is 0 Å². The van der Waals surface area contributed by atoms with Gasteiger partial charge in [0.05, 0.1) is 0 Å². The fraction of sp³-hybridized carbons (Fsp3) is 0. The van der Waals surface area contributed by atoms with E-state index in [0.717, 1.165) is 0 Å². The molecule has 0 unspecified atom stereocenters. The van der Waals surface area contributed by atoms with Crippen molar-refractivity contribution < 1.29 is 24.3 Å². The summed E-state index contributed by atoms with van der Waals surface area (Å²) in [7, 11) is 0. The minimum absolute atomic E-state index is 0. The molecule has 0 aromatic heterocycles. The van der Waals surface area contributed by atoms with E-state index in [4.69, 9.17) is 3.25 Å². The Morgan fingerprint density at radius 2 is 0.800 bits per heavy atom. The molecule has 0 saturated heterocycles. The Morgan fingerprint density at radius 1 is 0.800 bits per heavy atom. The summed E-state index contributed by atoms with van der Waals surface area (Å²) in [5.74, 6) is 0. The van der Waals surface area contributed by atoms with Crippen LogP contribution in [0.1, 0.15) is 0 Å². The van der Waals surface area contributed by atoms with Crippen molar-refractivity contribution >= 4 is 37.2 Å². The van der Waals surface area contributed by atoms with E-state index in [-0.39, 0.29) is 58.3 Å². The van der Waals surface area contributed by atoms with Gasteiger partial charge in [0, 0.05) is 0 Å². The molecule has 0 fully saturated rings. The average Bonchev–Trinajstić information content (AvgIpc) is 1.00. The Hall–Kier alpha value is 1.41. The van der Waals surface area contributed by atoms with Crippen LogP contribution in [0.2, 0.25) is 0 Å². The van der Waals surface area contributed by atoms with E-state index in [1.165, 1.54) is 0 Å². The second kappa shape index (κ2) is 52.9. The van der Waals surface area contributed by atoms with E-state index >= 15 is 0 Å². The zero-order chi connectivity index (χ0) is 2.00. The van der Waals surface area contributed by atoms with Gasteiger partial charge in [0.1, 0.15) is 0 Å². The van der Waals surface area contributed by atoms with Gasteiger partial charge in [0.25, 0.3) is 0 Å². The van der Waals surface area contributed by atoms with Gasteiger partial charge in [0.15, 0.2) is 0 Å². The predicted octanol–water partition coefficient (Wildman–Crippen LogP) is 1.14. The molecule has 0 saturated carbocycles. The fourth-order valence-electron chi connectivity index (χ4n) is 0. The molecule has 0 aromatic carbocycles. The van der Waals surface area contributed by atoms with Crippen LogP contribution in [-0.2, 0) is 24.3 Å². The molecule has 0 amide bonds. The number of rotatable bonds is 0. The second-order valence-electron chi connectivity index (χ2n) is 0. The normalized spacial score (nSPS) is 0.600. The molecule has 0 aliphatic heterocycles. The molecule has 0 N–H and O–H groups in total. The van der Waals surface area contributed by atoms with Gasteiger partial charge < -0.3 is 0 Å². The second-order valence-corrected chi connectivity index (χ2v) is 0. The Kier molecular flexibility index (Phi) is 342. The molecule has 0 heterocycles. The van der Waals surface area contributed by atoms with E-state index in [1.807, 2.05) is 0 Å². The van der Waals surface area contributed by atoms with Crippen molar-refractivity contribution in [2.45, 2.75) is 0 Å². The molecule has 0 rings (SSSR count). The third-order valence-corrected chi connectivity index (χ3v) is 0. The Morgan fingerprint density at radius 3 is 0.800 bits per heavy atom. The molecule has 0 aliphatic carbocycles. The average molecular weight is 306 g/mol. The molecule has 0 spiro atoms. The third-order valence-electron chi connectivity index (χ3n) is 0. The van der Waals surface area contributed by atoms with Crippen LogP contribution < -0.4 is 0 Å². The molecular formula is H3Cl3OTa. The maximum absolute atomic E-state index is 8.36. The van der Waals surface area contributed by atoms with Crippen molar-refractivity contribution in [2.75, 3.05) is 0 Å². The first-order chi connectivity index (χ1) is 1.00. The van der Waals surface area contributed by atoms with E-state index in [1.54, 1.807) is 0 Å². The molecule has 0 radical (unpaired) electrons. The van der Waals surface area contributed by atoms with Gasteiger partial charge in [-0.1, -0.05) is 0 Å². The van der Waals surface area contributed by atoms with Crippen LogP contribution in [0.15, 0.2) is 0 Å². The summed E-state index contributed by atoms with van der Waals surface area (Å²) in [6.45, 7) is 0. The van der Waals surface area contributed by atoms with Crippen LogP contribution in [0.25, 0.3) is 0 Å². The van der Waals surface area contributed by atoms with Crippen LogP contribution >= 0.6 is 37.2 Å². The van der Waals surface area contributed by atoms with Gasteiger partial charge in [-0.3, -0.25) is 0 Å². The standard InChI is InChI=1S/3ClH.O.Ta/h3*1H;;. The number of halogens is 3. The van der Waals surface area contributed by atoms with Gasteiger partial charge in [-0.15, -0.1) is 37.2 Å². The van der Waals surface area contributed by atoms with Gasteiger partial charge in [-0.2, -0.15) is 0 Å². The van der Waals surface area contributed by atoms with E-state index < -0.39 is 0 Å². The first-order valence-corrected chi connectivity index (χ1v) is 1.49. The Balaban J connectivity index is -0.00000000167. The van der Waals surface area contributed by atoms with Gasteiger partial charge in [0.2, 0.25) is 0 Å². The summed E-state index contributed by atoms with van der Waals surface area (Å²) in [5, 5.41) is 0. The molecule has 0 aliphatic rings. The monoisotopic (exact) mass is 305 g/mol. The van der Waals surface area contributed by atoms with Crippen LogP contribution in [0.5, 0.6) is 0 Å².